The van der Waals surface area contributed by atoms with Crippen LogP contribution >= 0.6 is 0 Å². The van der Waals surface area contributed by atoms with E-state index >= 15 is 0 Å². The quantitative estimate of drug-likeness (QED) is 0.699. The molecular weight excluding hydrogens is 164 g/mol. The Kier molecular flexibility index (Phi) is 3.45. The van der Waals surface area contributed by atoms with E-state index in [1.807, 2.05) is 21.0 Å². The van der Waals surface area contributed by atoms with Gasteiger partial charge in [0.2, 0.25) is 0 Å². The highest BCUT2D eigenvalue weighted by atomic mass is 16.1. The molecule has 13 heavy (non-hydrogen) atoms. The highest BCUT2D eigenvalue weighted by molar-refractivity contribution is 5.88. The fourth-order valence-electron chi connectivity index (χ4n) is 2.14. The van der Waals surface area contributed by atoms with Crippen molar-refractivity contribution in [1.29, 1.82) is 0 Å². The Labute approximate surface area is 80.5 Å². The van der Waals surface area contributed by atoms with Crippen molar-refractivity contribution >= 4 is 5.78 Å². The van der Waals surface area contributed by atoms with Crippen LogP contribution in [0, 0.1) is 0 Å². The summed E-state index contributed by atoms with van der Waals surface area (Å²) in [7, 11) is 4.03. The van der Waals surface area contributed by atoms with Crippen LogP contribution in [0.4, 0.5) is 0 Å². The van der Waals surface area contributed by atoms with Crippen LogP contribution in [0.5, 0.6) is 0 Å². The van der Waals surface area contributed by atoms with Gasteiger partial charge in [-0.05, 0) is 40.0 Å². The molecule has 0 amide bonds. The molecule has 0 atom stereocenters. The van der Waals surface area contributed by atoms with Crippen molar-refractivity contribution in [2.24, 2.45) is 0 Å². The number of Topliss-reactive ketones (excluding diaryl/α,β-unsaturated/α-hetero) is 1. The Hall–Kier alpha value is -0.410. The topological polar surface area (TPSA) is 32.3 Å². The summed E-state index contributed by atoms with van der Waals surface area (Å²) in [4.78, 5) is 14.0. The van der Waals surface area contributed by atoms with Crippen molar-refractivity contribution in [2.75, 3.05) is 27.2 Å². The minimum absolute atomic E-state index is 0.181. The predicted octanol–water partition coefficient (Wildman–Crippen LogP) is 0.649. The van der Waals surface area contributed by atoms with Crippen LogP contribution in [0.25, 0.3) is 0 Å². The fraction of sp³-hybridized carbons (Fsp3) is 0.900. The normalized spacial score (nSPS) is 21.8. The number of hydrogen-bond acceptors (Lipinski definition) is 3. The van der Waals surface area contributed by atoms with Gasteiger partial charge in [-0.2, -0.15) is 0 Å². The van der Waals surface area contributed by atoms with Gasteiger partial charge in [0.25, 0.3) is 0 Å². The van der Waals surface area contributed by atoms with Gasteiger partial charge in [0.1, 0.15) is 0 Å². The van der Waals surface area contributed by atoms with Crippen molar-refractivity contribution in [3.8, 4) is 0 Å². The maximum Gasteiger partial charge on any atom is 0.152 e. The van der Waals surface area contributed by atoms with Crippen LogP contribution in [-0.4, -0.2) is 43.4 Å². The largest absolute Gasteiger partial charge is 0.317 e. The van der Waals surface area contributed by atoms with E-state index in [2.05, 4.69) is 10.2 Å². The Bertz CT molecular complexity index is 183. The molecule has 0 spiro atoms. The SMILES string of the molecule is CCC(=O)C1(N(C)C)CCNCC1. The molecule has 3 nitrogen and oxygen atoms in total. The van der Waals surface area contributed by atoms with Crippen LogP contribution in [0.3, 0.4) is 0 Å². The van der Waals surface area contributed by atoms with Gasteiger partial charge in [0, 0.05) is 6.42 Å². The van der Waals surface area contributed by atoms with E-state index in [0.29, 0.717) is 12.2 Å². The van der Waals surface area contributed by atoms with Gasteiger partial charge in [0.05, 0.1) is 5.54 Å². The first-order chi connectivity index (χ1) is 6.13. The van der Waals surface area contributed by atoms with E-state index in [0.717, 1.165) is 25.9 Å². The molecule has 1 aliphatic heterocycles. The smallest absolute Gasteiger partial charge is 0.152 e. The van der Waals surface area contributed by atoms with Crippen molar-refractivity contribution in [3.05, 3.63) is 0 Å². The first kappa shape index (κ1) is 10.7. The maximum atomic E-state index is 11.9. The Morgan fingerprint density at radius 2 is 1.92 bits per heavy atom. The predicted molar refractivity (Wildman–Crippen MR) is 53.8 cm³/mol. The van der Waals surface area contributed by atoms with E-state index in [-0.39, 0.29) is 5.54 Å². The van der Waals surface area contributed by atoms with Crippen molar-refractivity contribution in [2.45, 2.75) is 31.7 Å². The summed E-state index contributed by atoms with van der Waals surface area (Å²) in [5.74, 6) is 0.388. The number of ketones is 1. The summed E-state index contributed by atoms with van der Waals surface area (Å²) >= 11 is 0. The minimum atomic E-state index is -0.181. The molecule has 1 heterocycles. The molecule has 76 valence electrons. The van der Waals surface area contributed by atoms with Crippen LogP contribution in [0.2, 0.25) is 0 Å². The monoisotopic (exact) mass is 184 g/mol. The van der Waals surface area contributed by atoms with E-state index in [1.165, 1.54) is 0 Å². The zero-order valence-corrected chi connectivity index (χ0v) is 8.89. The van der Waals surface area contributed by atoms with Gasteiger partial charge < -0.3 is 5.32 Å². The molecule has 3 heteroatoms. The zero-order chi connectivity index (χ0) is 9.90. The molecule has 0 aliphatic carbocycles. The van der Waals surface area contributed by atoms with E-state index in [9.17, 15) is 4.79 Å². The fourth-order valence-corrected chi connectivity index (χ4v) is 2.14. The molecule has 0 aromatic heterocycles. The maximum absolute atomic E-state index is 11.9. The molecule has 0 aromatic carbocycles. The lowest BCUT2D eigenvalue weighted by Gasteiger charge is -2.41. The van der Waals surface area contributed by atoms with Crippen molar-refractivity contribution in [3.63, 3.8) is 0 Å². The highest BCUT2D eigenvalue weighted by Gasteiger charge is 2.39. The number of carbonyl (C=O) groups is 1. The number of nitrogens with zero attached hydrogens (tertiary/aromatic N) is 1. The second-order valence-corrected chi connectivity index (χ2v) is 3.95. The van der Waals surface area contributed by atoms with E-state index < -0.39 is 0 Å². The number of piperidine rings is 1. The number of nitrogens with one attached hydrogen (secondary N) is 1. The molecule has 0 saturated carbocycles. The first-order valence-electron chi connectivity index (χ1n) is 5.05. The standard InChI is InChI=1S/C10H20N2O/c1-4-9(13)10(12(2)3)5-7-11-8-6-10/h11H,4-8H2,1-3H3. The summed E-state index contributed by atoms with van der Waals surface area (Å²) in [6.07, 6.45) is 2.55. The van der Waals surface area contributed by atoms with Gasteiger partial charge in [-0.15, -0.1) is 0 Å². The third-order valence-electron chi connectivity index (χ3n) is 3.13. The minimum Gasteiger partial charge on any atom is -0.317 e. The van der Waals surface area contributed by atoms with Crippen LogP contribution < -0.4 is 5.32 Å². The summed E-state index contributed by atoms with van der Waals surface area (Å²) in [6, 6.07) is 0. The molecule has 1 saturated heterocycles. The molecule has 0 bridgehead atoms. The Balaban J connectivity index is 2.79. The zero-order valence-electron chi connectivity index (χ0n) is 8.89. The van der Waals surface area contributed by atoms with Gasteiger partial charge in [0.15, 0.2) is 5.78 Å². The molecule has 1 aliphatic rings. The summed E-state index contributed by atoms with van der Waals surface area (Å²) in [5.41, 5.74) is -0.181. The summed E-state index contributed by atoms with van der Waals surface area (Å²) in [5, 5.41) is 3.29. The highest BCUT2D eigenvalue weighted by Crippen LogP contribution is 2.26. The van der Waals surface area contributed by atoms with Crippen LogP contribution in [0.1, 0.15) is 26.2 Å². The summed E-state index contributed by atoms with van der Waals surface area (Å²) in [6.45, 7) is 3.88. The van der Waals surface area contributed by atoms with Gasteiger partial charge in [-0.3, -0.25) is 9.69 Å². The van der Waals surface area contributed by atoms with Crippen LogP contribution in [0.15, 0.2) is 0 Å². The van der Waals surface area contributed by atoms with Gasteiger partial charge in [-0.1, -0.05) is 6.92 Å². The summed E-state index contributed by atoms with van der Waals surface area (Å²) < 4.78 is 0. The molecule has 1 rings (SSSR count). The second kappa shape index (κ2) is 4.20. The third-order valence-corrected chi connectivity index (χ3v) is 3.13. The first-order valence-corrected chi connectivity index (χ1v) is 5.05. The lowest BCUT2D eigenvalue weighted by atomic mass is 9.82. The molecule has 0 unspecified atom stereocenters. The van der Waals surface area contributed by atoms with Crippen molar-refractivity contribution < 1.29 is 4.79 Å². The average Bonchev–Trinajstić information content (AvgIpc) is 2.17. The molecule has 0 radical (unpaired) electrons. The molecular formula is C10H20N2O. The lowest BCUT2D eigenvalue weighted by molar-refractivity contribution is -0.131. The molecule has 0 aromatic rings. The van der Waals surface area contributed by atoms with Crippen molar-refractivity contribution in [1.82, 2.24) is 10.2 Å². The molecule has 1 N–H and O–H groups in total. The number of hydrogen-bond donors (Lipinski definition) is 1. The Morgan fingerprint density at radius 3 is 2.31 bits per heavy atom. The third kappa shape index (κ3) is 1.92. The van der Waals surface area contributed by atoms with E-state index in [1.54, 1.807) is 0 Å². The number of rotatable bonds is 3. The van der Waals surface area contributed by atoms with E-state index in [4.69, 9.17) is 0 Å². The van der Waals surface area contributed by atoms with Gasteiger partial charge in [-0.25, -0.2) is 0 Å². The second-order valence-electron chi connectivity index (χ2n) is 3.95. The Morgan fingerprint density at radius 1 is 1.38 bits per heavy atom. The number of carbonyl (C=O) groups excluding carboxylic acids is 1. The molecule has 1 fully saturated rings. The number of likely N-dealkylation sites (N-methyl/N-ethyl adjacent to an activating group) is 1. The average molecular weight is 184 g/mol. The lowest BCUT2D eigenvalue weighted by Crippen LogP contribution is -2.56. The van der Waals surface area contributed by atoms with Crippen LogP contribution in [-0.2, 0) is 4.79 Å². The van der Waals surface area contributed by atoms with Gasteiger partial charge >= 0.3 is 0 Å².